The van der Waals surface area contributed by atoms with Crippen molar-refractivity contribution in [2.24, 2.45) is 0 Å². The van der Waals surface area contributed by atoms with Crippen LogP contribution in [0.25, 0.3) is 0 Å². The zero-order valence-electron chi connectivity index (χ0n) is 7.13. The van der Waals surface area contributed by atoms with Crippen molar-refractivity contribution in [3.63, 3.8) is 0 Å². The van der Waals surface area contributed by atoms with E-state index in [1.54, 1.807) is 0 Å². The average molecular weight is 151 g/mol. The highest BCUT2D eigenvalue weighted by Crippen LogP contribution is 2.34. The fourth-order valence-corrected chi connectivity index (χ4v) is 2.67. The van der Waals surface area contributed by atoms with Crippen molar-refractivity contribution in [3.05, 3.63) is 12.7 Å². The molecule has 11 heavy (non-hydrogen) atoms. The summed E-state index contributed by atoms with van der Waals surface area (Å²) < 4.78 is 0. The van der Waals surface area contributed by atoms with Crippen LogP contribution in [-0.4, -0.2) is 23.5 Å². The molecule has 0 aliphatic carbocycles. The second kappa shape index (κ2) is 2.98. The molecule has 62 valence electrons. The minimum absolute atomic E-state index is 0.909. The first-order valence-corrected chi connectivity index (χ1v) is 4.78. The smallest absolute Gasteiger partial charge is 0.0166 e. The molecule has 2 rings (SSSR count). The van der Waals surface area contributed by atoms with Crippen molar-refractivity contribution in [2.45, 2.75) is 44.2 Å². The third-order valence-electron chi connectivity index (χ3n) is 3.19. The lowest BCUT2D eigenvalue weighted by atomic mass is 10.0. The number of nitrogens with zero attached hydrogens (tertiary/aromatic N) is 1. The molecule has 0 aromatic rings. The monoisotopic (exact) mass is 151 g/mol. The van der Waals surface area contributed by atoms with Gasteiger partial charge in [0.25, 0.3) is 0 Å². The predicted octanol–water partition coefficient (Wildman–Crippen LogP) is 2.19. The molecule has 0 saturated carbocycles. The average Bonchev–Trinajstić information content (AvgIpc) is 2.30. The standard InChI is InChI=1S/C10H17N/c1-2-8-11-9-4-3-5-10(11)7-6-9/h2,9-10H,1,3-8H2. The molecule has 2 aliphatic rings. The highest BCUT2D eigenvalue weighted by atomic mass is 15.2. The Labute approximate surface area is 69.1 Å². The Bertz CT molecular complexity index is 137. The number of piperidine rings is 1. The fraction of sp³-hybridized carbons (Fsp3) is 0.800. The normalized spacial score (nSPS) is 37.5. The van der Waals surface area contributed by atoms with E-state index in [1.165, 1.54) is 32.1 Å². The summed E-state index contributed by atoms with van der Waals surface area (Å²) in [5, 5.41) is 0. The molecule has 1 heteroatoms. The van der Waals surface area contributed by atoms with Gasteiger partial charge in [0, 0.05) is 18.6 Å². The Hall–Kier alpha value is -0.300. The molecule has 2 fully saturated rings. The van der Waals surface area contributed by atoms with Crippen LogP contribution in [0.1, 0.15) is 32.1 Å². The summed E-state index contributed by atoms with van der Waals surface area (Å²) in [4.78, 5) is 2.65. The van der Waals surface area contributed by atoms with Crippen LogP contribution in [-0.2, 0) is 0 Å². The maximum Gasteiger partial charge on any atom is 0.0166 e. The van der Waals surface area contributed by atoms with E-state index in [2.05, 4.69) is 17.6 Å². The molecule has 2 heterocycles. The third kappa shape index (κ3) is 1.22. The van der Waals surface area contributed by atoms with Gasteiger partial charge in [0.1, 0.15) is 0 Å². The Morgan fingerprint density at radius 3 is 2.36 bits per heavy atom. The molecule has 2 unspecified atom stereocenters. The topological polar surface area (TPSA) is 3.24 Å². The molecule has 1 nitrogen and oxygen atoms in total. The van der Waals surface area contributed by atoms with Gasteiger partial charge in [0.2, 0.25) is 0 Å². The van der Waals surface area contributed by atoms with Crippen LogP contribution >= 0.6 is 0 Å². The second-order valence-corrected chi connectivity index (χ2v) is 3.80. The van der Waals surface area contributed by atoms with Crippen molar-refractivity contribution in [3.8, 4) is 0 Å². The molecule has 0 amide bonds. The van der Waals surface area contributed by atoms with Crippen LogP contribution in [0.15, 0.2) is 12.7 Å². The molecule has 0 aromatic carbocycles. The number of rotatable bonds is 2. The third-order valence-corrected chi connectivity index (χ3v) is 3.19. The molecule has 0 spiro atoms. The Morgan fingerprint density at radius 2 is 1.82 bits per heavy atom. The van der Waals surface area contributed by atoms with Gasteiger partial charge >= 0.3 is 0 Å². The van der Waals surface area contributed by atoms with Gasteiger partial charge in [-0.1, -0.05) is 12.5 Å². The van der Waals surface area contributed by atoms with E-state index in [1.807, 2.05) is 0 Å². The molecule has 2 saturated heterocycles. The van der Waals surface area contributed by atoms with E-state index < -0.39 is 0 Å². The van der Waals surface area contributed by atoms with E-state index in [4.69, 9.17) is 0 Å². The van der Waals surface area contributed by atoms with Gasteiger partial charge in [-0.25, -0.2) is 0 Å². The van der Waals surface area contributed by atoms with E-state index in [9.17, 15) is 0 Å². The Balaban J connectivity index is 2.02. The number of hydrogen-bond acceptors (Lipinski definition) is 1. The van der Waals surface area contributed by atoms with Crippen LogP contribution in [0.2, 0.25) is 0 Å². The van der Waals surface area contributed by atoms with Crippen LogP contribution in [0.4, 0.5) is 0 Å². The molecule has 0 N–H and O–H groups in total. The largest absolute Gasteiger partial charge is 0.294 e. The minimum atomic E-state index is 0.909. The first-order valence-electron chi connectivity index (χ1n) is 4.78. The lowest BCUT2D eigenvalue weighted by Crippen LogP contribution is -2.39. The summed E-state index contributed by atoms with van der Waals surface area (Å²) in [6, 6.07) is 1.82. The van der Waals surface area contributed by atoms with Gasteiger partial charge in [0.15, 0.2) is 0 Å². The summed E-state index contributed by atoms with van der Waals surface area (Å²) in [5.41, 5.74) is 0. The highest BCUT2D eigenvalue weighted by Gasteiger charge is 2.35. The fourth-order valence-electron chi connectivity index (χ4n) is 2.67. The lowest BCUT2D eigenvalue weighted by Gasteiger charge is -2.33. The van der Waals surface area contributed by atoms with E-state index in [0.717, 1.165) is 18.6 Å². The molecular weight excluding hydrogens is 134 g/mol. The predicted molar refractivity (Wildman–Crippen MR) is 47.6 cm³/mol. The van der Waals surface area contributed by atoms with Gasteiger partial charge in [-0.15, -0.1) is 6.58 Å². The number of hydrogen-bond donors (Lipinski definition) is 0. The van der Waals surface area contributed by atoms with E-state index in [0.29, 0.717) is 0 Å². The van der Waals surface area contributed by atoms with Crippen LogP contribution in [0.3, 0.4) is 0 Å². The minimum Gasteiger partial charge on any atom is -0.294 e. The maximum atomic E-state index is 3.81. The molecule has 2 atom stereocenters. The molecule has 0 radical (unpaired) electrons. The SMILES string of the molecule is C=CCN1C2CCCC1CC2. The van der Waals surface area contributed by atoms with E-state index >= 15 is 0 Å². The van der Waals surface area contributed by atoms with Crippen LogP contribution in [0, 0.1) is 0 Å². The molecule has 2 aliphatic heterocycles. The van der Waals surface area contributed by atoms with Gasteiger partial charge < -0.3 is 0 Å². The van der Waals surface area contributed by atoms with Crippen molar-refractivity contribution >= 4 is 0 Å². The second-order valence-electron chi connectivity index (χ2n) is 3.80. The Kier molecular flexibility index (Phi) is 1.99. The molecular formula is C10H17N. The number of fused-ring (bicyclic) bond motifs is 2. The van der Waals surface area contributed by atoms with E-state index in [-0.39, 0.29) is 0 Å². The zero-order chi connectivity index (χ0) is 7.68. The quantitative estimate of drug-likeness (QED) is 0.547. The van der Waals surface area contributed by atoms with Crippen molar-refractivity contribution < 1.29 is 0 Å². The molecule has 0 aromatic heterocycles. The van der Waals surface area contributed by atoms with Crippen molar-refractivity contribution in [1.82, 2.24) is 4.90 Å². The van der Waals surface area contributed by atoms with Gasteiger partial charge in [0.05, 0.1) is 0 Å². The van der Waals surface area contributed by atoms with Crippen LogP contribution in [0.5, 0.6) is 0 Å². The van der Waals surface area contributed by atoms with Crippen molar-refractivity contribution in [2.75, 3.05) is 6.54 Å². The summed E-state index contributed by atoms with van der Waals surface area (Å²) in [7, 11) is 0. The first kappa shape index (κ1) is 7.35. The molecule has 2 bridgehead atoms. The van der Waals surface area contributed by atoms with Gasteiger partial charge in [-0.3, -0.25) is 4.90 Å². The zero-order valence-corrected chi connectivity index (χ0v) is 7.13. The lowest BCUT2D eigenvalue weighted by molar-refractivity contribution is 0.158. The highest BCUT2D eigenvalue weighted by molar-refractivity contribution is 4.94. The summed E-state index contributed by atoms with van der Waals surface area (Å²) in [5.74, 6) is 0. The summed E-state index contributed by atoms with van der Waals surface area (Å²) >= 11 is 0. The van der Waals surface area contributed by atoms with Gasteiger partial charge in [-0.05, 0) is 25.7 Å². The van der Waals surface area contributed by atoms with Crippen LogP contribution < -0.4 is 0 Å². The van der Waals surface area contributed by atoms with Crippen molar-refractivity contribution in [1.29, 1.82) is 0 Å². The summed E-state index contributed by atoms with van der Waals surface area (Å²) in [6.07, 6.45) is 9.27. The summed E-state index contributed by atoms with van der Waals surface area (Å²) in [6.45, 7) is 4.93. The Morgan fingerprint density at radius 1 is 1.18 bits per heavy atom. The first-order chi connectivity index (χ1) is 5.42. The van der Waals surface area contributed by atoms with Gasteiger partial charge in [-0.2, -0.15) is 0 Å². The maximum absolute atomic E-state index is 3.81.